The maximum absolute atomic E-state index is 6.29. The summed E-state index contributed by atoms with van der Waals surface area (Å²) in [5, 5.41) is 12.3. The van der Waals surface area contributed by atoms with E-state index in [2.05, 4.69) is 194 Å². The van der Waals surface area contributed by atoms with E-state index in [9.17, 15) is 0 Å². The molecule has 0 saturated heterocycles. The summed E-state index contributed by atoms with van der Waals surface area (Å²) in [6.07, 6.45) is 0. The minimum Gasteiger partial charge on any atom is -0.456 e. The van der Waals surface area contributed by atoms with Crippen LogP contribution in [0.4, 0.5) is 0 Å². The number of hydrogen-bond donors (Lipinski definition) is 0. The van der Waals surface area contributed by atoms with Gasteiger partial charge in [0.15, 0.2) is 0 Å². The summed E-state index contributed by atoms with van der Waals surface area (Å²) < 4.78 is 6.29. The van der Waals surface area contributed by atoms with Gasteiger partial charge in [0.05, 0.1) is 0 Å². The molecule has 11 aromatic rings. The minimum atomic E-state index is 0.914. The van der Waals surface area contributed by atoms with E-state index in [4.69, 9.17) is 4.42 Å². The van der Waals surface area contributed by atoms with Crippen LogP contribution < -0.4 is 0 Å². The Morgan fingerprint density at radius 1 is 0.245 bits per heavy atom. The SMILES string of the molecule is c1ccc2cc3c(cc2c1)oc1ccc(-c2ccc(-c4c5ccccc5c(-c5ccc(-c6cccc7ccccc67)cc5)c5ccccc45)cc2)cc13. The Morgan fingerprint density at radius 2 is 0.698 bits per heavy atom. The lowest BCUT2D eigenvalue weighted by molar-refractivity contribution is 0.669. The van der Waals surface area contributed by atoms with E-state index in [0.717, 1.165) is 21.9 Å². The maximum atomic E-state index is 6.29. The third kappa shape index (κ3) is 4.79. The molecular weight excluding hydrogens is 641 g/mol. The van der Waals surface area contributed by atoms with Gasteiger partial charge in [-0.25, -0.2) is 0 Å². The lowest BCUT2D eigenvalue weighted by Crippen LogP contribution is -1.91. The summed E-state index contributed by atoms with van der Waals surface area (Å²) in [6, 6.07) is 70.6. The Morgan fingerprint density at radius 3 is 1.32 bits per heavy atom. The largest absolute Gasteiger partial charge is 0.456 e. The molecule has 1 aromatic heterocycles. The summed E-state index contributed by atoms with van der Waals surface area (Å²) >= 11 is 0. The molecule has 0 saturated carbocycles. The lowest BCUT2D eigenvalue weighted by Gasteiger charge is -2.18. The fraction of sp³-hybridized carbons (Fsp3) is 0. The summed E-state index contributed by atoms with van der Waals surface area (Å²) in [4.78, 5) is 0. The van der Waals surface area contributed by atoms with Crippen LogP contribution in [0, 0.1) is 0 Å². The minimum absolute atomic E-state index is 0.914. The van der Waals surface area contributed by atoms with E-state index in [1.165, 1.54) is 87.6 Å². The van der Waals surface area contributed by atoms with Crippen molar-refractivity contribution in [3.8, 4) is 44.5 Å². The molecule has 1 heteroatoms. The van der Waals surface area contributed by atoms with Gasteiger partial charge in [-0.05, 0) is 112 Å². The van der Waals surface area contributed by atoms with Crippen LogP contribution in [0.25, 0.3) is 110 Å². The van der Waals surface area contributed by atoms with E-state index in [0.29, 0.717) is 0 Å². The predicted octanol–water partition coefficient (Wildman–Crippen LogP) is 14.9. The monoisotopic (exact) mass is 672 g/mol. The Balaban J connectivity index is 1.02. The first-order chi connectivity index (χ1) is 26.3. The van der Waals surface area contributed by atoms with Crippen LogP contribution in [0.1, 0.15) is 0 Å². The molecule has 1 heterocycles. The molecule has 0 aliphatic carbocycles. The van der Waals surface area contributed by atoms with Gasteiger partial charge >= 0.3 is 0 Å². The van der Waals surface area contributed by atoms with Gasteiger partial charge in [-0.3, -0.25) is 0 Å². The highest BCUT2D eigenvalue weighted by Gasteiger charge is 2.17. The smallest absolute Gasteiger partial charge is 0.136 e. The molecule has 0 aliphatic rings. The first kappa shape index (κ1) is 29.7. The van der Waals surface area contributed by atoms with E-state index < -0.39 is 0 Å². The van der Waals surface area contributed by atoms with Crippen LogP contribution in [0.3, 0.4) is 0 Å². The first-order valence-corrected chi connectivity index (χ1v) is 18.2. The standard InChI is InChI=1S/C52H32O/c1-2-12-39-32-50-48(30-38(39)11-1)47-31-40(28-29-49(47)53-50)33-20-24-36(25-21-33)51-43-15-5-7-17-45(43)52(46-18-8-6-16-44(46)51)37-26-22-35(23-27-37)42-19-9-13-34-10-3-4-14-41(34)42/h1-32H. The maximum Gasteiger partial charge on any atom is 0.136 e. The van der Waals surface area contributed by atoms with Gasteiger partial charge in [-0.15, -0.1) is 0 Å². The summed E-state index contributed by atoms with van der Waals surface area (Å²) in [5.74, 6) is 0. The molecule has 0 spiro atoms. The lowest BCUT2D eigenvalue weighted by atomic mass is 9.85. The van der Waals surface area contributed by atoms with Gasteiger partial charge in [0, 0.05) is 10.8 Å². The van der Waals surface area contributed by atoms with Crippen LogP contribution in [0.5, 0.6) is 0 Å². The number of fused-ring (bicyclic) bond motifs is 7. The van der Waals surface area contributed by atoms with Gasteiger partial charge in [0.2, 0.25) is 0 Å². The molecule has 53 heavy (non-hydrogen) atoms. The van der Waals surface area contributed by atoms with Gasteiger partial charge in [0.1, 0.15) is 11.2 Å². The third-order valence-electron chi connectivity index (χ3n) is 11.1. The zero-order chi connectivity index (χ0) is 34.9. The van der Waals surface area contributed by atoms with Crippen LogP contribution in [0.2, 0.25) is 0 Å². The van der Waals surface area contributed by atoms with Crippen molar-refractivity contribution in [2.75, 3.05) is 0 Å². The molecule has 0 atom stereocenters. The highest BCUT2D eigenvalue weighted by atomic mass is 16.3. The van der Waals surface area contributed by atoms with Gasteiger partial charge in [-0.2, -0.15) is 0 Å². The van der Waals surface area contributed by atoms with Crippen molar-refractivity contribution in [1.82, 2.24) is 0 Å². The second-order valence-electron chi connectivity index (χ2n) is 14.0. The highest BCUT2D eigenvalue weighted by Crippen LogP contribution is 2.44. The number of furan rings is 1. The average Bonchev–Trinajstić information content (AvgIpc) is 3.58. The molecule has 246 valence electrons. The Bertz CT molecular complexity index is 3140. The van der Waals surface area contributed by atoms with Gasteiger partial charge < -0.3 is 4.42 Å². The predicted molar refractivity (Wildman–Crippen MR) is 225 cm³/mol. The molecule has 10 aromatic carbocycles. The van der Waals surface area contributed by atoms with Crippen LogP contribution in [0.15, 0.2) is 199 Å². The van der Waals surface area contributed by atoms with Crippen molar-refractivity contribution in [3.05, 3.63) is 194 Å². The second-order valence-corrected chi connectivity index (χ2v) is 14.0. The quantitative estimate of drug-likeness (QED) is 0.170. The normalized spacial score (nSPS) is 11.8. The fourth-order valence-electron chi connectivity index (χ4n) is 8.52. The number of hydrogen-bond acceptors (Lipinski definition) is 1. The molecule has 1 nitrogen and oxygen atoms in total. The molecule has 0 unspecified atom stereocenters. The van der Waals surface area contributed by atoms with Crippen molar-refractivity contribution >= 4 is 65.0 Å². The molecule has 0 N–H and O–H groups in total. The summed E-state index contributed by atoms with van der Waals surface area (Å²) in [5.41, 5.74) is 11.7. The average molecular weight is 673 g/mol. The molecule has 0 fully saturated rings. The Hall–Kier alpha value is -6.96. The molecular formula is C52H32O. The molecule has 0 bridgehead atoms. The number of benzene rings is 10. The first-order valence-electron chi connectivity index (χ1n) is 18.2. The van der Waals surface area contributed by atoms with Crippen molar-refractivity contribution in [1.29, 1.82) is 0 Å². The molecule has 0 amide bonds. The molecule has 0 radical (unpaired) electrons. The van der Waals surface area contributed by atoms with Crippen LogP contribution in [-0.2, 0) is 0 Å². The van der Waals surface area contributed by atoms with Crippen LogP contribution in [-0.4, -0.2) is 0 Å². The van der Waals surface area contributed by atoms with E-state index in [1.54, 1.807) is 0 Å². The van der Waals surface area contributed by atoms with Crippen molar-refractivity contribution < 1.29 is 4.42 Å². The van der Waals surface area contributed by atoms with E-state index in [1.807, 2.05) is 0 Å². The second kappa shape index (κ2) is 11.8. The van der Waals surface area contributed by atoms with E-state index >= 15 is 0 Å². The summed E-state index contributed by atoms with van der Waals surface area (Å²) in [6.45, 7) is 0. The van der Waals surface area contributed by atoms with Crippen molar-refractivity contribution in [2.24, 2.45) is 0 Å². The third-order valence-corrected chi connectivity index (χ3v) is 11.1. The Labute approximate surface area is 307 Å². The fourth-order valence-corrected chi connectivity index (χ4v) is 8.52. The van der Waals surface area contributed by atoms with Crippen LogP contribution >= 0.6 is 0 Å². The number of rotatable bonds is 4. The summed E-state index contributed by atoms with van der Waals surface area (Å²) in [7, 11) is 0. The van der Waals surface area contributed by atoms with Gasteiger partial charge in [-0.1, -0.05) is 170 Å². The highest BCUT2D eigenvalue weighted by molar-refractivity contribution is 6.21. The zero-order valence-electron chi connectivity index (χ0n) is 28.9. The zero-order valence-corrected chi connectivity index (χ0v) is 28.9. The topological polar surface area (TPSA) is 13.1 Å². The molecule has 11 rings (SSSR count). The van der Waals surface area contributed by atoms with E-state index in [-0.39, 0.29) is 0 Å². The Kier molecular flexibility index (Phi) is 6.62. The van der Waals surface area contributed by atoms with Crippen molar-refractivity contribution in [2.45, 2.75) is 0 Å². The molecule has 0 aliphatic heterocycles. The van der Waals surface area contributed by atoms with Gasteiger partial charge in [0.25, 0.3) is 0 Å². The van der Waals surface area contributed by atoms with Crippen molar-refractivity contribution in [3.63, 3.8) is 0 Å².